The van der Waals surface area contributed by atoms with E-state index in [4.69, 9.17) is 0 Å². The second-order valence-corrected chi connectivity index (χ2v) is 11.3. The van der Waals surface area contributed by atoms with E-state index in [9.17, 15) is 40.4 Å². The molecule has 2 aromatic heterocycles. The minimum absolute atomic E-state index is 0. The van der Waals surface area contributed by atoms with Crippen molar-refractivity contribution in [1.82, 2.24) is 19.6 Å². The highest BCUT2D eigenvalue weighted by Crippen LogP contribution is 2.36. The number of alkyl halides is 4. The van der Waals surface area contributed by atoms with Gasteiger partial charge in [-0.05, 0) is 42.8 Å². The Kier molecular flexibility index (Phi) is 7.51. The lowest BCUT2D eigenvalue weighted by atomic mass is 10.1. The molecule has 1 aliphatic rings. The Labute approximate surface area is 219 Å². The molecule has 0 bridgehead atoms. The van der Waals surface area contributed by atoms with E-state index < -0.39 is 57.6 Å². The standard InChI is InChI=1S/C23H18F5N5O3S2.H2/c1-12-17(25)7-19(33(12)38(35,36)16-4-2-15(24)3-5-16)21(34)31-9-13-6-18(30-10-14(13)8-29)20-11-32-22(37-20)23(26,27)28;/h2-6,10-12,17,19H,7,9H2,1H3,(H,31,34);1H/t12-,17+,19-;/m0./s1. The van der Waals surface area contributed by atoms with E-state index in [0.717, 1.165) is 41.0 Å². The lowest BCUT2D eigenvalue weighted by Crippen LogP contribution is -2.48. The third-order valence-corrected chi connectivity index (χ3v) is 9.01. The van der Waals surface area contributed by atoms with E-state index >= 15 is 0 Å². The molecular formula is C23H20F5N5O3S2. The zero-order valence-electron chi connectivity index (χ0n) is 19.4. The Morgan fingerprint density at radius 3 is 2.55 bits per heavy atom. The number of pyridine rings is 1. The summed E-state index contributed by atoms with van der Waals surface area (Å²) in [6, 6.07) is 4.45. The topological polar surface area (TPSA) is 116 Å². The minimum Gasteiger partial charge on any atom is -0.351 e. The molecule has 4 rings (SSSR count). The van der Waals surface area contributed by atoms with Crippen LogP contribution in [0.1, 0.15) is 30.9 Å². The van der Waals surface area contributed by atoms with Gasteiger partial charge in [0.2, 0.25) is 15.9 Å². The molecule has 1 saturated heterocycles. The normalized spacial score (nSPS) is 20.3. The van der Waals surface area contributed by atoms with Gasteiger partial charge in [-0.1, -0.05) is 0 Å². The summed E-state index contributed by atoms with van der Waals surface area (Å²) in [5, 5.41) is 10.8. The molecule has 3 atom stereocenters. The Bertz CT molecular complexity index is 1510. The molecule has 1 fully saturated rings. The number of nitrogens with one attached hydrogen (secondary N) is 1. The average Bonchev–Trinajstić information content (AvgIpc) is 3.48. The molecule has 0 radical (unpaired) electrons. The van der Waals surface area contributed by atoms with E-state index in [1.54, 1.807) is 0 Å². The summed E-state index contributed by atoms with van der Waals surface area (Å²) >= 11 is 0.355. The third kappa shape index (κ3) is 5.38. The summed E-state index contributed by atoms with van der Waals surface area (Å²) in [7, 11) is -4.37. The fraction of sp³-hybridized carbons (Fsp3) is 0.304. The maximum atomic E-state index is 14.6. The number of rotatable bonds is 6. The van der Waals surface area contributed by atoms with Crippen molar-refractivity contribution >= 4 is 27.3 Å². The molecule has 0 aliphatic carbocycles. The fourth-order valence-electron chi connectivity index (χ4n) is 4.00. The first-order chi connectivity index (χ1) is 17.8. The lowest BCUT2D eigenvalue weighted by molar-refractivity contribution is -0.137. The van der Waals surface area contributed by atoms with E-state index in [1.807, 2.05) is 6.07 Å². The predicted octanol–water partition coefficient (Wildman–Crippen LogP) is 4.29. The van der Waals surface area contributed by atoms with Crippen LogP contribution >= 0.6 is 11.3 Å². The van der Waals surface area contributed by atoms with Gasteiger partial charge in [-0.25, -0.2) is 22.2 Å². The second kappa shape index (κ2) is 10.4. The van der Waals surface area contributed by atoms with Crippen LogP contribution in [0.25, 0.3) is 10.6 Å². The van der Waals surface area contributed by atoms with E-state index in [0.29, 0.717) is 11.3 Å². The number of halogens is 5. The number of benzene rings is 1. The molecule has 1 N–H and O–H groups in total. The molecule has 1 aliphatic heterocycles. The van der Waals surface area contributed by atoms with E-state index in [2.05, 4.69) is 15.3 Å². The van der Waals surface area contributed by atoms with Crippen molar-refractivity contribution in [1.29, 1.82) is 5.26 Å². The molecule has 1 amide bonds. The first-order valence-electron chi connectivity index (χ1n) is 11.0. The number of carbonyl (C=O) groups excluding carboxylic acids is 1. The van der Waals surface area contributed by atoms with E-state index in [1.165, 1.54) is 13.0 Å². The Hall–Kier alpha value is -3.48. The largest absolute Gasteiger partial charge is 0.443 e. The smallest absolute Gasteiger partial charge is 0.351 e. The maximum Gasteiger partial charge on any atom is 0.443 e. The van der Waals surface area contributed by atoms with Crippen LogP contribution < -0.4 is 5.32 Å². The van der Waals surface area contributed by atoms with Gasteiger partial charge in [-0.3, -0.25) is 9.78 Å². The monoisotopic (exact) mass is 573 g/mol. The van der Waals surface area contributed by atoms with Crippen LogP contribution in [0.2, 0.25) is 0 Å². The van der Waals surface area contributed by atoms with Gasteiger partial charge in [-0.15, -0.1) is 11.3 Å². The number of amides is 1. The first kappa shape index (κ1) is 27.6. The highest BCUT2D eigenvalue weighted by atomic mass is 32.2. The van der Waals surface area contributed by atoms with E-state index in [-0.39, 0.29) is 34.6 Å². The number of hydrogen-bond acceptors (Lipinski definition) is 7. The van der Waals surface area contributed by atoms with Gasteiger partial charge in [-0.2, -0.15) is 22.7 Å². The van der Waals surface area contributed by atoms with Crippen LogP contribution in [0, 0.1) is 17.1 Å². The van der Waals surface area contributed by atoms with Crippen molar-refractivity contribution < 1.29 is 36.6 Å². The predicted molar refractivity (Wildman–Crippen MR) is 127 cm³/mol. The zero-order chi connectivity index (χ0) is 27.8. The molecule has 202 valence electrons. The first-order valence-corrected chi connectivity index (χ1v) is 13.2. The summed E-state index contributed by atoms with van der Waals surface area (Å²) in [5.41, 5.74) is 0.303. The summed E-state index contributed by atoms with van der Waals surface area (Å²) < 4.78 is 93.8. The summed E-state index contributed by atoms with van der Waals surface area (Å²) in [6.45, 7) is 1.00. The molecule has 15 heteroatoms. The Morgan fingerprint density at radius 1 is 1.26 bits per heavy atom. The molecule has 38 heavy (non-hydrogen) atoms. The number of carbonyl (C=O) groups is 1. The molecule has 3 aromatic rings. The van der Waals surface area contributed by atoms with Gasteiger partial charge in [0.15, 0.2) is 5.01 Å². The quantitative estimate of drug-likeness (QED) is 0.440. The Morgan fingerprint density at radius 2 is 1.95 bits per heavy atom. The lowest BCUT2D eigenvalue weighted by Gasteiger charge is -2.27. The maximum absolute atomic E-state index is 14.6. The SMILES string of the molecule is C[C@H]1[C@H](F)C[C@@H](C(=O)NCc2cc(-c3cnc(C(F)(F)F)s3)ncc2C#N)N1S(=O)(=O)c1ccc(F)cc1.[HH]. The fourth-order valence-corrected chi connectivity index (χ4v) is 6.56. The minimum atomic E-state index is -4.64. The number of aromatic nitrogens is 2. The van der Waals surface area contributed by atoms with Crippen molar-refractivity contribution in [2.24, 2.45) is 0 Å². The van der Waals surface area contributed by atoms with Crippen molar-refractivity contribution in [2.45, 2.75) is 49.2 Å². The van der Waals surface area contributed by atoms with Gasteiger partial charge in [0.05, 0.1) is 27.1 Å². The number of hydrogen-bond donors (Lipinski definition) is 1. The van der Waals surface area contributed by atoms with Gasteiger partial charge >= 0.3 is 6.18 Å². The summed E-state index contributed by atoms with van der Waals surface area (Å²) in [6.07, 6.45) is -4.61. The number of nitrogens with zero attached hydrogens (tertiary/aromatic N) is 4. The van der Waals surface area contributed by atoms with Crippen LogP contribution in [0.4, 0.5) is 22.0 Å². The number of sulfonamides is 1. The van der Waals surface area contributed by atoms with Gasteiger partial charge in [0, 0.05) is 26.8 Å². The van der Waals surface area contributed by atoms with Crippen molar-refractivity contribution in [2.75, 3.05) is 0 Å². The zero-order valence-corrected chi connectivity index (χ0v) is 21.0. The summed E-state index contributed by atoms with van der Waals surface area (Å²) in [5.74, 6) is -1.52. The molecule has 8 nitrogen and oxygen atoms in total. The van der Waals surface area contributed by atoms with Gasteiger partial charge in [0.25, 0.3) is 0 Å². The molecule has 1 aromatic carbocycles. The highest BCUT2D eigenvalue weighted by Gasteiger charge is 2.49. The average molecular weight is 574 g/mol. The number of thiazole rings is 1. The molecule has 0 saturated carbocycles. The summed E-state index contributed by atoms with van der Waals surface area (Å²) in [4.78, 5) is 20.1. The molecule has 0 unspecified atom stereocenters. The van der Waals surface area contributed by atoms with Crippen molar-refractivity contribution in [3.63, 3.8) is 0 Å². The Balaban J connectivity index is 0.00000420. The molecule has 3 heterocycles. The second-order valence-electron chi connectivity index (χ2n) is 8.38. The van der Waals surface area contributed by atoms with Crippen LogP contribution in [0.15, 0.2) is 47.6 Å². The van der Waals surface area contributed by atoms with Crippen LogP contribution in [-0.2, 0) is 27.5 Å². The third-order valence-electron chi connectivity index (χ3n) is 5.94. The van der Waals surface area contributed by atoms with Crippen LogP contribution in [0.3, 0.4) is 0 Å². The van der Waals surface area contributed by atoms with Crippen molar-refractivity contribution in [3.05, 3.63) is 64.7 Å². The van der Waals surface area contributed by atoms with Gasteiger partial charge < -0.3 is 5.32 Å². The highest BCUT2D eigenvalue weighted by molar-refractivity contribution is 7.89. The van der Waals surface area contributed by atoms with Crippen LogP contribution in [-0.4, -0.2) is 46.9 Å². The number of nitriles is 1. The van der Waals surface area contributed by atoms with Gasteiger partial charge in [0.1, 0.15) is 24.1 Å². The molecular weight excluding hydrogens is 553 g/mol. The van der Waals surface area contributed by atoms with Crippen molar-refractivity contribution in [3.8, 4) is 16.6 Å². The van der Waals surface area contributed by atoms with Crippen LogP contribution in [0.5, 0.6) is 0 Å². The molecule has 0 spiro atoms.